The van der Waals surface area contributed by atoms with Crippen LogP contribution in [0.4, 0.5) is 18.9 Å². The summed E-state index contributed by atoms with van der Waals surface area (Å²) in [5, 5.41) is 0. The van der Waals surface area contributed by atoms with E-state index in [-0.39, 0.29) is 5.75 Å². The second-order valence-electron chi connectivity index (χ2n) is 4.09. The van der Waals surface area contributed by atoms with Crippen molar-refractivity contribution in [3.05, 3.63) is 24.3 Å². The fourth-order valence-electron chi connectivity index (χ4n) is 2.03. The molecule has 1 aromatic rings. The van der Waals surface area contributed by atoms with Crippen LogP contribution >= 0.6 is 0 Å². The van der Waals surface area contributed by atoms with Crippen LogP contribution in [0.1, 0.15) is 19.3 Å². The van der Waals surface area contributed by atoms with Gasteiger partial charge in [-0.25, -0.2) is 0 Å². The van der Waals surface area contributed by atoms with Crippen LogP contribution in [0.3, 0.4) is 0 Å². The van der Waals surface area contributed by atoms with Crippen molar-refractivity contribution in [3.8, 4) is 5.75 Å². The number of alkyl halides is 3. The molecular weight excluding hydrogens is 231 g/mol. The van der Waals surface area contributed by atoms with Gasteiger partial charge in [0.25, 0.3) is 0 Å². The fraction of sp³-hybridized carbons (Fsp3) is 0.500. The summed E-state index contributed by atoms with van der Waals surface area (Å²) in [6.07, 6.45) is -1.26. The van der Waals surface area contributed by atoms with Crippen LogP contribution in [0.25, 0.3) is 0 Å². The lowest BCUT2D eigenvalue weighted by molar-refractivity contribution is -0.274. The normalized spacial score (nSPS) is 17.0. The second kappa shape index (κ2) is 4.85. The van der Waals surface area contributed by atoms with Crippen LogP contribution in [0.2, 0.25) is 0 Å². The van der Waals surface area contributed by atoms with E-state index < -0.39 is 6.36 Å². The number of ether oxygens (including phenoxy) is 1. The molecule has 17 heavy (non-hydrogen) atoms. The maximum absolute atomic E-state index is 12.1. The van der Waals surface area contributed by atoms with Gasteiger partial charge in [-0.1, -0.05) is 6.07 Å². The van der Waals surface area contributed by atoms with Crippen LogP contribution in [-0.2, 0) is 0 Å². The van der Waals surface area contributed by atoms with Crippen molar-refractivity contribution in [2.24, 2.45) is 0 Å². The molecule has 0 aliphatic carbocycles. The average molecular weight is 245 g/mol. The number of hydrogen-bond donors (Lipinski definition) is 0. The van der Waals surface area contributed by atoms with Gasteiger partial charge in [0, 0.05) is 24.8 Å². The third kappa shape index (κ3) is 3.54. The van der Waals surface area contributed by atoms with Crippen LogP contribution in [-0.4, -0.2) is 19.5 Å². The molecule has 0 saturated carbocycles. The molecule has 0 unspecified atom stereocenters. The number of benzene rings is 1. The zero-order chi connectivity index (χ0) is 12.3. The first kappa shape index (κ1) is 12.1. The Morgan fingerprint density at radius 2 is 1.76 bits per heavy atom. The third-order valence-electron chi connectivity index (χ3n) is 2.77. The molecule has 1 aliphatic heterocycles. The topological polar surface area (TPSA) is 12.5 Å². The van der Waals surface area contributed by atoms with Crippen molar-refractivity contribution in [1.29, 1.82) is 0 Å². The van der Waals surface area contributed by atoms with E-state index in [1.54, 1.807) is 6.07 Å². The van der Waals surface area contributed by atoms with Crippen LogP contribution in [0.5, 0.6) is 5.75 Å². The lowest BCUT2D eigenvalue weighted by Crippen LogP contribution is -2.29. The standard InChI is InChI=1S/C12H14F3NO/c13-12(14,15)17-11-6-4-5-10(9-11)16-7-2-1-3-8-16/h4-6,9H,1-3,7-8H2. The Kier molecular flexibility index (Phi) is 3.45. The maximum Gasteiger partial charge on any atom is 0.573 e. The molecule has 0 N–H and O–H groups in total. The number of piperidine rings is 1. The van der Waals surface area contributed by atoms with E-state index in [1.807, 2.05) is 6.07 Å². The Morgan fingerprint density at radius 1 is 1.06 bits per heavy atom. The molecule has 1 fully saturated rings. The summed E-state index contributed by atoms with van der Waals surface area (Å²) in [6, 6.07) is 6.17. The van der Waals surface area contributed by atoms with Gasteiger partial charge in [0.2, 0.25) is 0 Å². The van der Waals surface area contributed by atoms with E-state index in [2.05, 4.69) is 9.64 Å². The molecule has 0 atom stereocenters. The van der Waals surface area contributed by atoms with E-state index in [4.69, 9.17) is 0 Å². The SMILES string of the molecule is FC(F)(F)Oc1cccc(N2CCCCC2)c1. The van der Waals surface area contributed by atoms with Gasteiger partial charge in [-0.3, -0.25) is 0 Å². The van der Waals surface area contributed by atoms with Gasteiger partial charge < -0.3 is 9.64 Å². The van der Waals surface area contributed by atoms with Gasteiger partial charge in [0.05, 0.1) is 0 Å². The summed E-state index contributed by atoms with van der Waals surface area (Å²) < 4.78 is 40.1. The first-order valence-corrected chi connectivity index (χ1v) is 5.65. The highest BCUT2D eigenvalue weighted by Crippen LogP contribution is 2.28. The number of hydrogen-bond acceptors (Lipinski definition) is 2. The van der Waals surface area contributed by atoms with Crippen molar-refractivity contribution < 1.29 is 17.9 Å². The fourth-order valence-corrected chi connectivity index (χ4v) is 2.03. The van der Waals surface area contributed by atoms with Gasteiger partial charge in [-0.15, -0.1) is 13.2 Å². The third-order valence-corrected chi connectivity index (χ3v) is 2.77. The lowest BCUT2D eigenvalue weighted by Gasteiger charge is -2.29. The monoisotopic (exact) mass is 245 g/mol. The highest BCUT2D eigenvalue weighted by molar-refractivity contribution is 5.51. The van der Waals surface area contributed by atoms with Gasteiger partial charge in [0.15, 0.2) is 0 Å². The van der Waals surface area contributed by atoms with Crippen LogP contribution in [0.15, 0.2) is 24.3 Å². The molecule has 2 rings (SSSR count). The molecule has 0 aromatic heterocycles. The molecule has 0 bridgehead atoms. The van der Waals surface area contributed by atoms with Crippen molar-refractivity contribution in [2.45, 2.75) is 25.6 Å². The molecule has 1 heterocycles. The molecule has 1 saturated heterocycles. The predicted octanol–water partition coefficient (Wildman–Crippen LogP) is 3.58. The number of halogens is 3. The average Bonchev–Trinajstić information content (AvgIpc) is 2.28. The summed E-state index contributed by atoms with van der Waals surface area (Å²) >= 11 is 0. The number of rotatable bonds is 2. The Balaban J connectivity index is 2.10. The molecule has 0 spiro atoms. The quantitative estimate of drug-likeness (QED) is 0.789. The van der Waals surface area contributed by atoms with Gasteiger partial charge in [-0.05, 0) is 31.4 Å². The van der Waals surface area contributed by atoms with Gasteiger partial charge in [-0.2, -0.15) is 0 Å². The summed E-state index contributed by atoms with van der Waals surface area (Å²) in [6.45, 7) is 1.80. The molecule has 5 heteroatoms. The molecule has 1 aliphatic rings. The minimum absolute atomic E-state index is 0.152. The Bertz CT molecular complexity index is 372. The zero-order valence-electron chi connectivity index (χ0n) is 9.33. The smallest absolute Gasteiger partial charge is 0.406 e. The van der Waals surface area contributed by atoms with E-state index in [0.29, 0.717) is 0 Å². The Hall–Kier alpha value is -1.39. The summed E-state index contributed by atoms with van der Waals surface area (Å²) in [7, 11) is 0. The van der Waals surface area contributed by atoms with Gasteiger partial charge in [0.1, 0.15) is 5.75 Å². The predicted molar refractivity (Wildman–Crippen MR) is 59.2 cm³/mol. The summed E-state index contributed by atoms with van der Waals surface area (Å²) in [5.74, 6) is -0.152. The van der Waals surface area contributed by atoms with Crippen LogP contribution in [0, 0.1) is 0 Å². The molecule has 2 nitrogen and oxygen atoms in total. The van der Waals surface area contributed by atoms with E-state index in [0.717, 1.165) is 31.6 Å². The van der Waals surface area contributed by atoms with E-state index >= 15 is 0 Å². The van der Waals surface area contributed by atoms with Crippen molar-refractivity contribution >= 4 is 5.69 Å². The molecule has 0 amide bonds. The van der Waals surface area contributed by atoms with Crippen molar-refractivity contribution in [3.63, 3.8) is 0 Å². The number of nitrogens with zero attached hydrogens (tertiary/aromatic N) is 1. The summed E-state index contributed by atoms with van der Waals surface area (Å²) in [4.78, 5) is 2.09. The first-order valence-electron chi connectivity index (χ1n) is 5.65. The second-order valence-corrected chi connectivity index (χ2v) is 4.09. The minimum atomic E-state index is -4.62. The minimum Gasteiger partial charge on any atom is -0.406 e. The largest absolute Gasteiger partial charge is 0.573 e. The Labute approximate surface area is 98.0 Å². The van der Waals surface area contributed by atoms with Crippen molar-refractivity contribution in [2.75, 3.05) is 18.0 Å². The Morgan fingerprint density at radius 3 is 2.41 bits per heavy atom. The number of anilines is 1. The van der Waals surface area contributed by atoms with Crippen molar-refractivity contribution in [1.82, 2.24) is 0 Å². The maximum atomic E-state index is 12.1. The van der Waals surface area contributed by atoms with Crippen LogP contribution < -0.4 is 9.64 Å². The molecular formula is C12H14F3NO. The highest BCUT2D eigenvalue weighted by Gasteiger charge is 2.31. The molecule has 94 valence electrons. The first-order chi connectivity index (χ1) is 8.04. The highest BCUT2D eigenvalue weighted by atomic mass is 19.4. The summed E-state index contributed by atoms with van der Waals surface area (Å²) in [5.41, 5.74) is 0.798. The lowest BCUT2D eigenvalue weighted by atomic mass is 10.1. The molecule has 1 aromatic carbocycles. The van der Waals surface area contributed by atoms with E-state index in [9.17, 15) is 13.2 Å². The van der Waals surface area contributed by atoms with Gasteiger partial charge >= 0.3 is 6.36 Å². The molecule has 0 radical (unpaired) electrons. The van der Waals surface area contributed by atoms with E-state index in [1.165, 1.54) is 18.6 Å². The zero-order valence-corrected chi connectivity index (χ0v) is 9.33.